The van der Waals surface area contributed by atoms with Crippen LogP contribution in [0.5, 0.6) is 11.5 Å². The van der Waals surface area contributed by atoms with E-state index in [9.17, 15) is 15.0 Å². The van der Waals surface area contributed by atoms with E-state index in [4.69, 9.17) is 0 Å². The van der Waals surface area contributed by atoms with Crippen LogP contribution in [0, 0.1) is 11.8 Å². The minimum absolute atomic E-state index is 0.0214. The van der Waals surface area contributed by atoms with Crippen molar-refractivity contribution in [3.05, 3.63) is 23.8 Å². The fourth-order valence-electron chi connectivity index (χ4n) is 2.58. The summed E-state index contributed by atoms with van der Waals surface area (Å²) in [5.41, 5.74) is 0.305. The third-order valence-electron chi connectivity index (χ3n) is 4.08. The van der Waals surface area contributed by atoms with Crippen molar-refractivity contribution < 1.29 is 15.0 Å². The number of carbonyl (C=O) groups excluding carboxylic acids is 1. The number of phenols is 2. The van der Waals surface area contributed by atoms with Crippen LogP contribution >= 0.6 is 0 Å². The van der Waals surface area contributed by atoms with Crippen molar-refractivity contribution in [3.8, 4) is 11.5 Å². The number of benzene rings is 1. The summed E-state index contributed by atoms with van der Waals surface area (Å²) < 4.78 is 0. The first kappa shape index (κ1) is 13.4. The molecule has 20 heavy (non-hydrogen) atoms. The number of aromatic hydroxyl groups is 2. The molecule has 0 unspecified atom stereocenters. The summed E-state index contributed by atoms with van der Waals surface area (Å²) in [6.07, 6.45) is 5.11. The van der Waals surface area contributed by atoms with Crippen molar-refractivity contribution >= 4 is 5.78 Å². The van der Waals surface area contributed by atoms with Gasteiger partial charge < -0.3 is 10.2 Å². The maximum absolute atomic E-state index is 12.3. The van der Waals surface area contributed by atoms with E-state index in [0.717, 1.165) is 24.9 Å². The van der Waals surface area contributed by atoms with Crippen molar-refractivity contribution in [1.29, 1.82) is 0 Å². The Bertz CT molecular complexity index is 492. The van der Waals surface area contributed by atoms with Gasteiger partial charge in [-0.15, -0.1) is 0 Å². The Morgan fingerprint density at radius 3 is 2.20 bits per heavy atom. The predicted molar refractivity (Wildman–Crippen MR) is 76.0 cm³/mol. The van der Waals surface area contributed by atoms with Crippen LogP contribution in [0.15, 0.2) is 18.2 Å². The molecule has 1 aromatic carbocycles. The molecular formula is C16H21NO3. The van der Waals surface area contributed by atoms with Crippen LogP contribution in [0.1, 0.15) is 36.0 Å². The highest BCUT2D eigenvalue weighted by atomic mass is 16.3. The Morgan fingerprint density at radius 1 is 1.10 bits per heavy atom. The highest BCUT2D eigenvalue weighted by Gasteiger charge is 2.30. The first-order chi connectivity index (χ1) is 9.61. The maximum atomic E-state index is 12.3. The van der Waals surface area contributed by atoms with Gasteiger partial charge in [0.1, 0.15) is 11.5 Å². The number of carbonyl (C=O) groups is 1. The van der Waals surface area contributed by atoms with Crippen LogP contribution in [0.4, 0.5) is 0 Å². The van der Waals surface area contributed by atoms with E-state index in [1.54, 1.807) is 0 Å². The van der Waals surface area contributed by atoms with E-state index < -0.39 is 0 Å². The second kappa shape index (κ2) is 5.44. The normalized spacial score (nSPS) is 18.4. The Kier molecular flexibility index (Phi) is 3.66. The first-order valence-corrected chi connectivity index (χ1v) is 7.39. The van der Waals surface area contributed by atoms with Gasteiger partial charge in [0.05, 0.1) is 12.1 Å². The van der Waals surface area contributed by atoms with Gasteiger partial charge in [-0.2, -0.15) is 0 Å². The van der Waals surface area contributed by atoms with Crippen LogP contribution < -0.4 is 0 Å². The summed E-state index contributed by atoms with van der Waals surface area (Å²) in [4.78, 5) is 14.5. The number of hydrogen-bond donors (Lipinski definition) is 2. The Morgan fingerprint density at radius 2 is 1.70 bits per heavy atom. The molecule has 2 saturated carbocycles. The Labute approximate surface area is 119 Å². The molecule has 1 aromatic rings. The molecule has 108 valence electrons. The summed E-state index contributed by atoms with van der Waals surface area (Å²) >= 11 is 0. The molecular weight excluding hydrogens is 254 g/mol. The lowest BCUT2D eigenvalue weighted by molar-refractivity contribution is 0.0921. The van der Waals surface area contributed by atoms with E-state index in [1.807, 2.05) is 0 Å². The molecule has 0 radical (unpaired) electrons. The Hall–Kier alpha value is -1.55. The van der Waals surface area contributed by atoms with Crippen LogP contribution in [0.25, 0.3) is 0 Å². The summed E-state index contributed by atoms with van der Waals surface area (Å²) in [5.74, 6) is 1.30. The number of rotatable bonds is 7. The molecule has 0 amide bonds. The molecule has 2 aliphatic carbocycles. The van der Waals surface area contributed by atoms with Gasteiger partial charge in [0.15, 0.2) is 5.78 Å². The molecule has 0 heterocycles. The third-order valence-corrected chi connectivity index (χ3v) is 4.08. The molecule has 0 aromatic heterocycles. The quantitative estimate of drug-likeness (QED) is 0.750. The van der Waals surface area contributed by atoms with E-state index in [2.05, 4.69) is 4.90 Å². The lowest BCUT2D eigenvalue weighted by Crippen LogP contribution is -2.33. The largest absolute Gasteiger partial charge is 0.508 e. The van der Waals surface area contributed by atoms with E-state index >= 15 is 0 Å². The monoisotopic (exact) mass is 275 g/mol. The highest BCUT2D eigenvalue weighted by molar-refractivity contribution is 6.00. The lowest BCUT2D eigenvalue weighted by Gasteiger charge is -2.21. The smallest absolute Gasteiger partial charge is 0.180 e. The Balaban J connectivity index is 1.64. The third kappa shape index (κ3) is 3.51. The molecule has 0 saturated heterocycles. The summed E-state index contributed by atoms with van der Waals surface area (Å²) in [6, 6.07) is 4.16. The van der Waals surface area contributed by atoms with Gasteiger partial charge in [-0.1, -0.05) is 0 Å². The number of nitrogens with zero attached hydrogens (tertiary/aromatic N) is 1. The van der Waals surface area contributed by atoms with Crippen molar-refractivity contribution in [2.75, 3.05) is 19.6 Å². The zero-order chi connectivity index (χ0) is 14.1. The minimum atomic E-state index is -0.132. The number of ketones is 1. The van der Waals surface area contributed by atoms with Crippen molar-refractivity contribution in [3.63, 3.8) is 0 Å². The molecule has 2 aliphatic rings. The van der Waals surface area contributed by atoms with Crippen LogP contribution in [-0.2, 0) is 0 Å². The van der Waals surface area contributed by atoms with Gasteiger partial charge in [-0.05, 0) is 49.7 Å². The van der Waals surface area contributed by atoms with E-state index in [1.165, 1.54) is 43.9 Å². The number of Topliss-reactive ketones (excluding diaryl/α,β-unsaturated/α-hetero) is 1. The van der Waals surface area contributed by atoms with E-state index in [-0.39, 0.29) is 17.3 Å². The number of hydrogen-bond acceptors (Lipinski definition) is 4. The lowest BCUT2D eigenvalue weighted by atomic mass is 10.1. The molecule has 4 heteroatoms. The second-order valence-electron chi connectivity index (χ2n) is 6.21. The molecule has 2 N–H and O–H groups in total. The SMILES string of the molecule is O=C(CN(CC1CC1)CC1CC1)c1ccc(O)cc1O. The fraction of sp³-hybridized carbons (Fsp3) is 0.562. The first-order valence-electron chi connectivity index (χ1n) is 7.39. The van der Waals surface area contributed by atoms with Gasteiger partial charge in [0.25, 0.3) is 0 Å². The topological polar surface area (TPSA) is 60.8 Å². The standard InChI is InChI=1S/C16H21NO3/c18-13-5-6-14(15(19)7-13)16(20)10-17(8-11-1-2-11)9-12-3-4-12/h5-7,11-12,18-19H,1-4,8-10H2. The van der Waals surface area contributed by atoms with E-state index in [0.29, 0.717) is 12.1 Å². The molecule has 2 fully saturated rings. The van der Waals surface area contributed by atoms with Crippen LogP contribution in [0.3, 0.4) is 0 Å². The predicted octanol–water partition coefficient (Wildman–Crippen LogP) is 2.40. The van der Waals surface area contributed by atoms with Gasteiger partial charge in [0.2, 0.25) is 0 Å². The molecule has 0 atom stereocenters. The maximum Gasteiger partial charge on any atom is 0.180 e. The zero-order valence-electron chi connectivity index (χ0n) is 11.6. The molecule has 4 nitrogen and oxygen atoms in total. The zero-order valence-corrected chi connectivity index (χ0v) is 11.6. The van der Waals surface area contributed by atoms with Crippen molar-refractivity contribution in [2.24, 2.45) is 11.8 Å². The van der Waals surface area contributed by atoms with Crippen molar-refractivity contribution in [1.82, 2.24) is 4.90 Å². The number of phenolic OH excluding ortho intramolecular Hbond substituents is 2. The second-order valence-corrected chi connectivity index (χ2v) is 6.21. The van der Waals surface area contributed by atoms with Crippen LogP contribution in [0.2, 0.25) is 0 Å². The summed E-state index contributed by atoms with van der Waals surface area (Å²) in [7, 11) is 0. The summed E-state index contributed by atoms with van der Waals surface area (Å²) in [6.45, 7) is 2.37. The minimum Gasteiger partial charge on any atom is -0.508 e. The van der Waals surface area contributed by atoms with Gasteiger partial charge >= 0.3 is 0 Å². The fourth-order valence-corrected chi connectivity index (χ4v) is 2.58. The van der Waals surface area contributed by atoms with Gasteiger partial charge in [-0.25, -0.2) is 0 Å². The van der Waals surface area contributed by atoms with Gasteiger partial charge in [-0.3, -0.25) is 9.69 Å². The average Bonchev–Trinajstić information content (AvgIpc) is 3.24. The molecule has 3 rings (SSSR count). The van der Waals surface area contributed by atoms with Crippen molar-refractivity contribution in [2.45, 2.75) is 25.7 Å². The molecule has 0 spiro atoms. The van der Waals surface area contributed by atoms with Gasteiger partial charge in [0, 0.05) is 19.2 Å². The summed E-state index contributed by atoms with van der Waals surface area (Å²) in [5, 5.41) is 19.0. The van der Waals surface area contributed by atoms with Crippen LogP contribution in [-0.4, -0.2) is 40.5 Å². The average molecular weight is 275 g/mol. The molecule has 0 aliphatic heterocycles. The molecule has 0 bridgehead atoms. The highest BCUT2D eigenvalue weighted by Crippen LogP contribution is 2.34.